The molecule has 1 aromatic heterocycles. The summed E-state index contributed by atoms with van der Waals surface area (Å²) in [6.45, 7) is 4.03. The van der Waals surface area contributed by atoms with Gasteiger partial charge in [0.15, 0.2) is 5.15 Å². The van der Waals surface area contributed by atoms with Crippen molar-refractivity contribution in [2.24, 2.45) is 0 Å². The zero-order valence-electron chi connectivity index (χ0n) is 10.5. The lowest BCUT2D eigenvalue weighted by Crippen LogP contribution is -2.08. The average Bonchev–Trinajstić information content (AvgIpc) is 2.33. The molecule has 0 aliphatic heterocycles. The van der Waals surface area contributed by atoms with Crippen molar-refractivity contribution >= 4 is 44.8 Å². The van der Waals surface area contributed by atoms with Gasteiger partial charge in [0, 0.05) is 10.5 Å². The highest BCUT2D eigenvalue weighted by molar-refractivity contribution is 9.10. The first kappa shape index (κ1) is 14.6. The molecule has 19 heavy (non-hydrogen) atoms. The maximum Gasteiger partial charge on any atom is 0.154 e. The van der Waals surface area contributed by atoms with Gasteiger partial charge in [0.2, 0.25) is 0 Å². The van der Waals surface area contributed by atoms with Crippen LogP contribution in [0.1, 0.15) is 24.1 Å². The minimum Gasteiger partial charge on any atom is -0.376 e. The molecule has 0 fully saturated rings. The van der Waals surface area contributed by atoms with E-state index in [2.05, 4.69) is 45.3 Å². The van der Waals surface area contributed by atoms with Crippen LogP contribution >= 0.6 is 39.1 Å². The SMILES string of the molecule is Cc1cc(Cl)nc(Cl)c1NC(C)c1cccc(Br)c1. The Morgan fingerprint density at radius 3 is 2.63 bits per heavy atom. The Morgan fingerprint density at radius 2 is 2.00 bits per heavy atom. The second kappa shape index (κ2) is 6.12. The van der Waals surface area contributed by atoms with Crippen molar-refractivity contribution in [1.82, 2.24) is 4.98 Å². The van der Waals surface area contributed by atoms with E-state index in [-0.39, 0.29) is 6.04 Å². The second-order valence-electron chi connectivity index (χ2n) is 4.35. The molecule has 2 nitrogen and oxygen atoms in total. The second-order valence-corrected chi connectivity index (χ2v) is 6.01. The summed E-state index contributed by atoms with van der Waals surface area (Å²) in [5.41, 5.74) is 2.96. The third-order valence-corrected chi connectivity index (χ3v) is 3.81. The molecule has 1 atom stereocenters. The number of aryl methyl sites for hydroxylation is 1. The van der Waals surface area contributed by atoms with E-state index in [1.165, 1.54) is 5.56 Å². The van der Waals surface area contributed by atoms with Crippen LogP contribution in [0.5, 0.6) is 0 Å². The molecule has 1 N–H and O–H groups in total. The molecule has 5 heteroatoms. The Morgan fingerprint density at radius 1 is 1.26 bits per heavy atom. The molecule has 0 saturated heterocycles. The van der Waals surface area contributed by atoms with Crippen molar-refractivity contribution in [3.63, 3.8) is 0 Å². The van der Waals surface area contributed by atoms with E-state index in [4.69, 9.17) is 23.2 Å². The Bertz CT molecular complexity index is 579. The molecule has 2 rings (SSSR count). The Labute approximate surface area is 131 Å². The van der Waals surface area contributed by atoms with Crippen molar-refractivity contribution in [2.75, 3.05) is 5.32 Å². The standard InChI is InChI=1S/C14H13BrCl2N2/c1-8-6-12(16)19-14(17)13(8)18-9(2)10-4-3-5-11(15)7-10/h3-7,9,18H,1-2H3. The predicted molar refractivity (Wildman–Crippen MR) is 85.2 cm³/mol. The first-order valence-corrected chi connectivity index (χ1v) is 7.37. The highest BCUT2D eigenvalue weighted by Crippen LogP contribution is 2.30. The number of rotatable bonds is 3. The fourth-order valence-electron chi connectivity index (χ4n) is 1.84. The summed E-state index contributed by atoms with van der Waals surface area (Å²) in [4.78, 5) is 4.06. The normalized spacial score (nSPS) is 12.3. The molecular formula is C14H13BrCl2N2. The number of anilines is 1. The number of benzene rings is 1. The molecule has 0 amide bonds. The van der Waals surface area contributed by atoms with Crippen molar-refractivity contribution in [3.05, 3.63) is 56.2 Å². The van der Waals surface area contributed by atoms with Crippen LogP contribution in [-0.2, 0) is 0 Å². The first-order valence-electron chi connectivity index (χ1n) is 5.82. The van der Waals surface area contributed by atoms with Crippen LogP contribution in [0.3, 0.4) is 0 Å². The predicted octanol–water partition coefficient (Wildman–Crippen LogP) is 5.63. The van der Waals surface area contributed by atoms with Gasteiger partial charge in [-0.25, -0.2) is 4.98 Å². The molecule has 0 radical (unpaired) electrons. The largest absolute Gasteiger partial charge is 0.376 e. The lowest BCUT2D eigenvalue weighted by atomic mass is 10.1. The average molecular weight is 360 g/mol. The van der Waals surface area contributed by atoms with Crippen LogP contribution in [0.25, 0.3) is 0 Å². The van der Waals surface area contributed by atoms with Gasteiger partial charge in [-0.15, -0.1) is 0 Å². The van der Waals surface area contributed by atoms with Gasteiger partial charge < -0.3 is 5.32 Å². The molecule has 1 heterocycles. The molecule has 0 aliphatic rings. The minimum absolute atomic E-state index is 0.122. The van der Waals surface area contributed by atoms with Crippen LogP contribution in [0.4, 0.5) is 5.69 Å². The van der Waals surface area contributed by atoms with Gasteiger partial charge in [0.25, 0.3) is 0 Å². The Kier molecular flexibility index (Phi) is 4.71. The van der Waals surface area contributed by atoms with Crippen LogP contribution < -0.4 is 5.32 Å². The fourth-order valence-corrected chi connectivity index (χ4v) is 2.85. The van der Waals surface area contributed by atoms with Crippen molar-refractivity contribution < 1.29 is 0 Å². The molecular weight excluding hydrogens is 347 g/mol. The third-order valence-electron chi connectivity index (χ3n) is 2.85. The number of halogens is 3. The maximum atomic E-state index is 6.13. The molecule has 2 aromatic rings. The minimum atomic E-state index is 0.122. The highest BCUT2D eigenvalue weighted by Gasteiger charge is 2.12. The zero-order chi connectivity index (χ0) is 14.0. The van der Waals surface area contributed by atoms with Gasteiger partial charge in [-0.3, -0.25) is 0 Å². The summed E-state index contributed by atoms with van der Waals surface area (Å²) >= 11 is 15.5. The van der Waals surface area contributed by atoms with Crippen LogP contribution in [0, 0.1) is 6.92 Å². The van der Waals surface area contributed by atoms with Gasteiger partial charge in [-0.2, -0.15) is 0 Å². The topological polar surface area (TPSA) is 24.9 Å². The number of pyridine rings is 1. The highest BCUT2D eigenvalue weighted by atomic mass is 79.9. The number of hydrogen-bond donors (Lipinski definition) is 1. The summed E-state index contributed by atoms with van der Waals surface area (Å²) in [6.07, 6.45) is 0. The van der Waals surface area contributed by atoms with Crippen LogP contribution in [0.15, 0.2) is 34.8 Å². The van der Waals surface area contributed by atoms with E-state index in [0.717, 1.165) is 15.7 Å². The number of nitrogens with one attached hydrogen (secondary N) is 1. The van der Waals surface area contributed by atoms with Crippen molar-refractivity contribution in [2.45, 2.75) is 19.9 Å². The summed E-state index contributed by atoms with van der Waals surface area (Å²) in [5, 5.41) is 4.18. The van der Waals surface area contributed by atoms with Gasteiger partial charge in [-0.1, -0.05) is 51.3 Å². The lowest BCUT2D eigenvalue weighted by Gasteiger charge is -2.18. The summed E-state index contributed by atoms with van der Waals surface area (Å²) in [5.74, 6) is 0. The Balaban J connectivity index is 2.26. The van der Waals surface area contributed by atoms with E-state index in [1.54, 1.807) is 6.07 Å². The zero-order valence-corrected chi connectivity index (χ0v) is 13.6. The number of hydrogen-bond acceptors (Lipinski definition) is 2. The fraction of sp³-hybridized carbons (Fsp3) is 0.214. The molecule has 0 aliphatic carbocycles. The van der Waals surface area contributed by atoms with E-state index < -0.39 is 0 Å². The first-order chi connectivity index (χ1) is 8.97. The Hall–Kier alpha value is -0.770. The summed E-state index contributed by atoms with van der Waals surface area (Å²) in [7, 11) is 0. The number of nitrogens with zero attached hydrogens (tertiary/aromatic N) is 1. The van der Waals surface area contributed by atoms with Crippen LogP contribution in [-0.4, -0.2) is 4.98 Å². The molecule has 0 spiro atoms. The van der Waals surface area contributed by atoms with E-state index in [0.29, 0.717) is 10.3 Å². The van der Waals surface area contributed by atoms with E-state index in [1.807, 2.05) is 19.1 Å². The van der Waals surface area contributed by atoms with Gasteiger partial charge in [0.1, 0.15) is 5.15 Å². The van der Waals surface area contributed by atoms with Gasteiger partial charge >= 0.3 is 0 Å². The van der Waals surface area contributed by atoms with Gasteiger partial charge in [-0.05, 0) is 43.2 Å². The summed E-state index contributed by atoms with van der Waals surface area (Å²) in [6, 6.07) is 10.1. The van der Waals surface area contributed by atoms with Gasteiger partial charge in [0.05, 0.1) is 5.69 Å². The molecule has 100 valence electrons. The molecule has 1 aromatic carbocycles. The van der Waals surface area contributed by atoms with Crippen molar-refractivity contribution in [3.8, 4) is 0 Å². The summed E-state index contributed by atoms with van der Waals surface area (Å²) < 4.78 is 1.05. The monoisotopic (exact) mass is 358 g/mol. The lowest BCUT2D eigenvalue weighted by molar-refractivity contribution is 0.879. The number of aromatic nitrogens is 1. The third kappa shape index (κ3) is 3.62. The quantitative estimate of drug-likeness (QED) is 0.718. The molecule has 0 bridgehead atoms. The van der Waals surface area contributed by atoms with Crippen molar-refractivity contribution in [1.29, 1.82) is 0 Å². The van der Waals surface area contributed by atoms with Crippen LogP contribution in [0.2, 0.25) is 10.3 Å². The smallest absolute Gasteiger partial charge is 0.154 e. The van der Waals surface area contributed by atoms with E-state index >= 15 is 0 Å². The molecule has 1 unspecified atom stereocenters. The molecule has 0 saturated carbocycles. The maximum absolute atomic E-state index is 6.13. The van der Waals surface area contributed by atoms with E-state index in [9.17, 15) is 0 Å².